The number of amides is 1. The summed E-state index contributed by atoms with van der Waals surface area (Å²) in [5.74, 6) is -0.0298. The summed E-state index contributed by atoms with van der Waals surface area (Å²) >= 11 is 6.02. The highest BCUT2D eigenvalue weighted by atomic mass is 35.5. The molecule has 0 bridgehead atoms. The maximum Gasteiger partial charge on any atom is 0.224 e. The standard InChI is InChI=1S/C16H17ClN2O/c1-11-14(17)6-3-7-15(11)19-16(20)9-8-12-4-2-5-13(18)10-12/h2-7,10H,8-9,18H2,1H3,(H,19,20). The molecule has 0 fully saturated rings. The predicted octanol–water partition coefficient (Wildman–Crippen LogP) is 3.80. The van der Waals surface area contributed by atoms with Crippen LogP contribution in [0.1, 0.15) is 17.5 Å². The van der Waals surface area contributed by atoms with Crippen molar-refractivity contribution in [1.82, 2.24) is 0 Å². The minimum absolute atomic E-state index is 0.0298. The zero-order chi connectivity index (χ0) is 14.5. The number of halogens is 1. The molecule has 2 aromatic carbocycles. The number of hydrogen-bond acceptors (Lipinski definition) is 2. The second kappa shape index (κ2) is 6.44. The molecule has 0 aliphatic carbocycles. The predicted molar refractivity (Wildman–Crippen MR) is 84.0 cm³/mol. The molecular formula is C16H17ClN2O. The van der Waals surface area contributed by atoms with Crippen LogP contribution in [0.25, 0.3) is 0 Å². The van der Waals surface area contributed by atoms with Crippen LogP contribution in [0.3, 0.4) is 0 Å². The van der Waals surface area contributed by atoms with Gasteiger partial charge in [0.05, 0.1) is 0 Å². The highest BCUT2D eigenvalue weighted by molar-refractivity contribution is 6.31. The summed E-state index contributed by atoms with van der Waals surface area (Å²) in [6, 6.07) is 13.1. The van der Waals surface area contributed by atoms with Gasteiger partial charge in [0, 0.05) is 22.8 Å². The number of rotatable bonds is 4. The van der Waals surface area contributed by atoms with Crippen molar-refractivity contribution in [3.8, 4) is 0 Å². The van der Waals surface area contributed by atoms with Crippen molar-refractivity contribution < 1.29 is 4.79 Å². The van der Waals surface area contributed by atoms with Gasteiger partial charge in [-0.25, -0.2) is 0 Å². The molecule has 3 nitrogen and oxygen atoms in total. The Hall–Kier alpha value is -2.00. The molecule has 0 radical (unpaired) electrons. The topological polar surface area (TPSA) is 55.1 Å². The van der Waals surface area contributed by atoms with Crippen LogP contribution in [0.4, 0.5) is 11.4 Å². The minimum atomic E-state index is -0.0298. The zero-order valence-corrected chi connectivity index (χ0v) is 12.1. The van der Waals surface area contributed by atoms with Crippen molar-refractivity contribution in [2.24, 2.45) is 0 Å². The minimum Gasteiger partial charge on any atom is -0.399 e. The maximum absolute atomic E-state index is 11.9. The van der Waals surface area contributed by atoms with Crippen LogP contribution >= 0.6 is 11.6 Å². The highest BCUT2D eigenvalue weighted by Gasteiger charge is 2.07. The van der Waals surface area contributed by atoms with Gasteiger partial charge in [0.15, 0.2) is 0 Å². The molecule has 0 heterocycles. The Labute approximate surface area is 123 Å². The van der Waals surface area contributed by atoms with Crippen LogP contribution in [0, 0.1) is 6.92 Å². The van der Waals surface area contributed by atoms with Crippen molar-refractivity contribution in [3.05, 3.63) is 58.6 Å². The van der Waals surface area contributed by atoms with Gasteiger partial charge in [0.1, 0.15) is 0 Å². The Morgan fingerprint density at radius 1 is 1.25 bits per heavy atom. The molecule has 0 aromatic heterocycles. The Kier molecular flexibility index (Phi) is 4.64. The van der Waals surface area contributed by atoms with Crippen LogP contribution in [-0.4, -0.2) is 5.91 Å². The first-order valence-electron chi connectivity index (χ1n) is 6.45. The van der Waals surface area contributed by atoms with E-state index in [2.05, 4.69) is 5.32 Å². The third-order valence-corrected chi connectivity index (χ3v) is 3.54. The molecule has 4 heteroatoms. The molecule has 0 unspecified atom stereocenters. The lowest BCUT2D eigenvalue weighted by Crippen LogP contribution is -2.13. The Balaban J connectivity index is 1.94. The van der Waals surface area contributed by atoms with Crippen LogP contribution in [0.15, 0.2) is 42.5 Å². The summed E-state index contributed by atoms with van der Waals surface area (Å²) in [6.07, 6.45) is 1.08. The van der Waals surface area contributed by atoms with Crippen molar-refractivity contribution >= 4 is 28.9 Å². The fourth-order valence-corrected chi connectivity index (χ4v) is 2.14. The molecule has 3 N–H and O–H groups in total. The van der Waals surface area contributed by atoms with Gasteiger partial charge in [0.2, 0.25) is 5.91 Å². The van der Waals surface area contributed by atoms with E-state index in [1.54, 1.807) is 6.07 Å². The lowest BCUT2D eigenvalue weighted by Gasteiger charge is -2.09. The number of nitrogen functional groups attached to an aromatic ring is 1. The quantitative estimate of drug-likeness (QED) is 0.841. The van der Waals surface area contributed by atoms with E-state index in [0.717, 1.165) is 16.8 Å². The van der Waals surface area contributed by atoms with Crippen molar-refractivity contribution in [2.75, 3.05) is 11.1 Å². The van der Waals surface area contributed by atoms with Gasteiger partial charge in [-0.15, -0.1) is 0 Å². The third-order valence-electron chi connectivity index (χ3n) is 3.13. The van der Waals surface area contributed by atoms with E-state index in [1.807, 2.05) is 43.3 Å². The van der Waals surface area contributed by atoms with E-state index in [1.165, 1.54) is 0 Å². The van der Waals surface area contributed by atoms with Gasteiger partial charge in [-0.3, -0.25) is 4.79 Å². The molecule has 20 heavy (non-hydrogen) atoms. The first-order valence-corrected chi connectivity index (χ1v) is 6.83. The molecule has 104 valence electrons. The van der Waals surface area contributed by atoms with Crippen molar-refractivity contribution in [3.63, 3.8) is 0 Å². The molecule has 0 aliphatic rings. The summed E-state index contributed by atoms with van der Waals surface area (Å²) in [6.45, 7) is 1.88. The molecule has 2 aromatic rings. The van der Waals surface area contributed by atoms with Gasteiger partial charge >= 0.3 is 0 Å². The molecule has 2 rings (SSSR count). The van der Waals surface area contributed by atoms with E-state index in [-0.39, 0.29) is 5.91 Å². The first-order chi connectivity index (χ1) is 9.56. The van der Waals surface area contributed by atoms with Crippen molar-refractivity contribution in [1.29, 1.82) is 0 Å². The highest BCUT2D eigenvalue weighted by Crippen LogP contribution is 2.23. The summed E-state index contributed by atoms with van der Waals surface area (Å²) in [7, 11) is 0. The van der Waals surface area contributed by atoms with E-state index in [4.69, 9.17) is 17.3 Å². The number of carbonyl (C=O) groups is 1. The third kappa shape index (κ3) is 3.75. The van der Waals surface area contributed by atoms with E-state index in [9.17, 15) is 4.79 Å². The first kappa shape index (κ1) is 14.4. The molecule has 0 saturated carbocycles. The van der Waals surface area contributed by atoms with Gasteiger partial charge < -0.3 is 11.1 Å². The Morgan fingerprint density at radius 3 is 2.75 bits per heavy atom. The largest absolute Gasteiger partial charge is 0.399 e. The maximum atomic E-state index is 11.9. The van der Waals surface area contributed by atoms with Gasteiger partial charge in [-0.05, 0) is 48.7 Å². The number of nitrogens with two attached hydrogens (primary N) is 1. The number of hydrogen-bond donors (Lipinski definition) is 2. The van der Waals surface area contributed by atoms with Gasteiger partial charge in [-0.1, -0.05) is 29.8 Å². The van der Waals surface area contributed by atoms with Crippen LogP contribution in [0.2, 0.25) is 5.02 Å². The number of nitrogens with one attached hydrogen (secondary N) is 1. The number of carbonyl (C=O) groups excluding carboxylic acids is 1. The molecule has 0 saturated heterocycles. The number of benzene rings is 2. The van der Waals surface area contributed by atoms with Crippen LogP contribution in [0.5, 0.6) is 0 Å². The fraction of sp³-hybridized carbons (Fsp3) is 0.188. The number of aryl methyl sites for hydroxylation is 1. The fourth-order valence-electron chi connectivity index (χ4n) is 1.96. The van der Waals surface area contributed by atoms with Gasteiger partial charge in [-0.2, -0.15) is 0 Å². The molecular weight excluding hydrogens is 272 g/mol. The molecule has 1 amide bonds. The lowest BCUT2D eigenvalue weighted by atomic mass is 10.1. The smallest absolute Gasteiger partial charge is 0.224 e. The molecule has 0 atom stereocenters. The SMILES string of the molecule is Cc1c(Cl)cccc1NC(=O)CCc1cccc(N)c1. The average molecular weight is 289 g/mol. The normalized spacial score (nSPS) is 10.3. The lowest BCUT2D eigenvalue weighted by molar-refractivity contribution is -0.116. The van der Waals surface area contributed by atoms with E-state index in [0.29, 0.717) is 23.6 Å². The van der Waals surface area contributed by atoms with Crippen LogP contribution < -0.4 is 11.1 Å². The van der Waals surface area contributed by atoms with Crippen LogP contribution in [-0.2, 0) is 11.2 Å². The monoisotopic (exact) mass is 288 g/mol. The average Bonchev–Trinajstić information content (AvgIpc) is 2.42. The molecule has 0 spiro atoms. The van der Waals surface area contributed by atoms with E-state index >= 15 is 0 Å². The molecule has 0 aliphatic heterocycles. The Morgan fingerprint density at radius 2 is 2.00 bits per heavy atom. The second-order valence-electron chi connectivity index (χ2n) is 4.71. The summed E-state index contributed by atoms with van der Waals surface area (Å²) in [4.78, 5) is 11.9. The zero-order valence-electron chi connectivity index (χ0n) is 11.3. The van der Waals surface area contributed by atoms with Gasteiger partial charge in [0.25, 0.3) is 0 Å². The summed E-state index contributed by atoms with van der Waals surface area (Å²) < 4.78 is 0. The Bertz CT molecular complexity index is 626. The summed E-state index contributed by atoms with van der Waals surface area (Å²) in [5, 5.41) is 3.53. The van der Waals surface area contributed by atoms with Crippen molar-refractivity contribution in [2.45, 2.75) is 19.8 Å². The van der Waals surface area contributed by atoms with E-state index < -0.39 is 0 Å². The number of anilines is 2. The second-order valence-corrected chi connectivity index (χ2v) is 5.11. The summed E-state index contributed by atoms with van der Waals surface area (Å²) in [5.41, 5.74) is 9.12.